The molecule has 4 heterocycles. The molecule has 2 aromatic carbocycles. The Hall–Kier alpha value is -4.25. The number of nitrogens with two attached hydrogens (primary N) is 1. The molecular weight excluding hydrogens is 525 g/mol. The van der Waals surface area contributed by atoms with Crippen molar-refractivity contribution in [2.75, 3.05) is 25.4 Å². The fraction of sp³-hybridized carbons (Fsp3) is 0.400. The number of hydrogen-bond donors (Lipinski definition) is 2. The molecule has 2 aliphatic heterocycles. The number of aromatic nitrogens is 4. The van der Waals surface area contributed by atoms with E-state index in [4.69, 9.17) is 15.6 Å². The van der Waals surface area contributed by atoms with E-state index in [1.54, 1.807) is 4.68 Å². The van der Waals surface area contributed by atoms with Crippen LogP contribution in [0, 0.1) is 5.41 Å². The molecule has 0 spiro atoms. The third-order valence-electron chi connectivity index (χ3n) is 8.14. The summed E-state index contributed by atoms with van der Waals surface area (Å²) in [6, 6.07) is 16.0. The minimum atomic E-state index is -1.27. The van der Waals surface area contributed by atoms with E-state index in [9.17, 15) is 9.90 Å². The molecule has 4 aromatic rings. The van der Waals surface area contributed by atoms with Gasteiger partial charge in [0.2, 0.25) is 0 Å². The average Bonchev–Trinajstić information content (AvgIpc) is 3.29. The standard InChI is InChI=1S/C30H34FN7O3/c1-30(2,3)26-24(31)22(13-14-37(26)19-15-36(16-19)29(39)40)38-28-23(27(32)33-17-34-28)25(35-38)18-9-11-21(12-10-18)41-20-7-5-4-6-8-20/h4-12,17,19,22,24,26H,13-16H2,1-3H3,(H,39,40)(H2,32,33,34)/t22-,24-,26?/m0/s1. The number of fused-ring (bicyclic) bond motifs is 1. The zero-order valence-electron chi connectivity index (χ0n) is 23.3. The zero-order valence-corrected chi connectivity index (χ0v) is 23.3. The van der Waals surface area contributed by atoms with Crippen LogP contribution in [0.1, 0.15) is 33.2 Å². The van der Waals surface area contributed by atoms with Crippen LogP contribution in [-0.4, -0.2) is 78.6 Å². The highest BCUT2D eigenvalue weighted by atomic mass is 19.1. The molecule has 6 rings (SSSR count). The summed E-state index contributed by atoms with van der Waals surface area (Å²) in [4.78, 5) is 23.6. The Morgan fingerprint density at radius 3 is 2.39 bits per heavy atom. The molecule has 0 bridgehead atoms. The Morgan fingerprint density at radius 1 is 1.05 bits per heavy atom. The van der Waals surface area contributed by atoms with Gasteiger partial charge >= 0.3 is 6.09 Å². The lowest BCUT2D eigenvalue weighted by Crippen LogP contribution is -2.68. The Morgan fingerprint density at radius 2 is 1.73 bits per heavy atom. The van der Waals surface area contributed by atoms with Gasteiger partial charge in [0.25, 0.3) is 0 Å². The normalized spacial score (nSPS) is 22.0. The van der Waals surface area contributed by atoms with E-state index < -0.39 is 29.8 Å². The van der Waals surface area contributed by atoms with Gasteiger partial charge in [0.1, 0.15) is 35.5 Å². The van der Waals surface area contributed by atoms with E-state index in [2.05, 4.69) is 14.9 Å². The number of para-hydroxylation sites is 1. The fourth-order valence-electron chi connectivity index (χ4n) is 6.17. The Kier molecular flexibility index (Phi) is 6.77. The first kappa shape index (κ1) is 26.9. The van der Waals surface area contributed by atoms with Crippen LogP contribution in [0.3, 0.4) is 0 Å². The molecule has 2 aromatic heterocycles. The number of ether oxygens (including phenoxy) is 1. The van der Waals surface area contributed by atoms with Gasteiger partial charge in [-0.2, -0.15) is 5.10 Å². The van der Waals surface area contributed by atoms with Gasteiger partial charge < -0.3 is 20.5 Å². The van der Waals surface area contributed by atoms with E-state index in [0.717, 1.165) is 11.3 Å². The van der Waals surface area contributed by atoms with Crippen LogP contribution >= 0.6 is 0 Å². The van der Waals surface area contributed by atoms with Gasteiger partial charge in [0.15, 0.2) is 5.65 Å². The van der Waals surface area contributed by atoms with Crippen molar-refractivity contribution in [1.29, 1.82) is 0 Å². The Bertz CT molecular complexity index is 1550. The summed E-state index contributed by atoms with van der Waals surface area (Å²) >= 11 is 0. The van der Waals surface area contributed by atoms with Crippen LogP contribution in [-0.2, 0) is 0 Å². The molecule has 3 atom stereocenters. The average molecular weight is 560 g/mol. The predicted molar refractivity (Wildman–Crippen MR) is 154 cm³/mol. The largest absolute Gasteiger partial charge is 0.465 e. The van der Waals surface area contributed by atoms with Crippen LogP contribution in [0.4, 0.5) is 15.0 Å². The molecule has 0 saturated carbocycles. The van der Waals surface area contributed by atoms with Gasteiger partial charge in [-0.05, 0) is 48.2 Å². The summed E-state index contributed by atoms with van der Waals surface area (Å²) in [5.74, 6) is 1.69. The maximum absolute atomic E-state index is 16.7. The smallest absolute Gasteiger partial charge is 0.407 e. The number of benzene rings is 2. The first-order valence-electron chi connectivity index (χ1n) is 13.8. The van der Waals surface area contributed by atoms with Crippen molar-refractivity contribution < 1.29 is 19.0 Å². The SMILES string of the molecule is CC(C)(C)C1[C@@H](F)[C@@H](n2nc(-c3ccc(Oc4ccccc4)cc3)c3c(N)ncnc32)CCN1C1CN(C(=O)O)C1. The summed E-state index contributed by atoms with van der Waals surface area (Å²) in [6.45, 7) is 7.48. The fourth-order valence-corrected chi connectivity index (χ4v) is 6.17. The lowest BCUT2D eigenvalue weighted by molar-refractivity contribution is -0.0825. The molecule has 11 heteroatoms. The van der Waals surface area contributed by atoms with Crippen molar-refractivity contribution in [3.63, 3.8) is 0 Å². The monoisotopic (exact) mass is 559 g/mol. The number of nitrogens with zero attached hydrogens (tertiary/aromatic N) is 6. The number of anilines is 1. The molecule has 0 aliphatic carbocycles. The van der Waals surface area contributed by atoms with Crippen molar-refractivity contribution in [3.05, 3.63) is 60.9 Å². The number of alkyl halides is 1. The van der Waals surface area contributed by atoms with E-state index in [1.807, 2.05) is 75.4 Å². The molecule has 214 valence electrons. The highest BCUT2D eigenvalue weighted by molar-refractivity contribution is 5.98. The molecule has 2 fully saturated rings. The van der Waals surface area contributed by atoms with E-state index in [0.29, 0.717) is 48.5 Å². The lowest BCUT2D eigenvalue weighted by Gasteiger charge is -2.54. The third kappa shape index (κ3) is 4.94. The first-order valence-corrected chi connectivity index (χ1v) is 13.8. The number of halogens is 1. The summed E-state index contributed by atoms with van der Waals surface area (Å²) < 4.78 is 24.3. The number of hydrogen-bond acceptors (Lipinski definition) is 7. The van der Waals surface area contributed by atoms with E-state index in [1.165, 1.54) is 11.2 Å². The predicted octanol–water partition coefficient (Wildman–Crippen LogP) is 5.23. The van der Waals surface area contributed by atoms with Gasteiger partial charge in [-0.3, -0.25) is 4.90 Å². The maximum atomic E-state index is 16.7. The molecule has 1 amide bonds. The molecule has 2 saturated heterocycles. The second-order valence-electron chi connectivity index (χ2n) is 11.9. The van der Waals surface area contributed by atoms with Crippen molar-refractivity contribution >= 4 is 22.9 Å². The van der Waals surface area contributed by atoms with E-state index in [-0.39, 0.29) is 11.9 Å². The van der Waals surface area contributed by atoms with Crippen LogP contribution in [0.25, 0.3) is 22.3 Å². The van der Waals surface area contributed by atoms with Gasteiger partial charge in [0.05, 0.1) is 11.4 Å². The Balaban J connectivity index is 1.33. The van der Waals surface area contributed by atoms with Crippen molar-refractivity contribution in [3.8, 4) is 22.8 Å². The molecule has 0 radical (unpaired) electrons. The van der Waals surface area contributed by atoms with Gasteiger partial charge in [-0.15, -0.1) is 0 Å². The molecular formula is C30H34FN7O3. The van der Waals surface area contributed by atoms with Gasteiger partial charge in [0, 0.05) is 37.3 Å². The first-order chi connectivity index (χ1) is 19.6. The second kappa shape index (κ2) is 10.3. The summed E-state index contributed by atoms with van der Waals surface area (Å²) in [6.07, 6.45) is -0.319. The quantitative estimate of drug-likeness (QED) is 0.341. The Labute approximate surface area is 237 Å². The number of nitrogen functional groups attached to an aromatic ring is 1. The molecule has 2 aliphatic rings. The molecule has 41 heavy (non-hydrogen) atoms. The number of amides is 1. The van der Waals surface area contributed by atoms with Gasteiger partial charge in [-0.1, -0.05) is 39.0 Å². The van der Waals surface area contributed by atoms with E-state index >= 15 is 4.39 Å². The van der Waals surface area contributed by atoms with Gasteiger partial charge in [-0.25, -0.2) is 23.8 Å². The van der Waals surface area contributed by atoms with Crippen LogP contribution < -0.4 is 10.5 Å². The molecule has 3 N–H and O–H groups in total. The van der Waals surface area contributed by atoms with Crippen molar-refractivity contribution in [2.45, 2.75) is 51.5 Å². The minimum Gasteiger partial charge on any atom is -0.465 e. The maximum Gasteiger partial charge on any atom is 0.407 e. The third-order valence-corrected chi connectivity index (χ3v) is 8.14. The summed E-state index contributed by atoms with van der Waals surface area (Å²) in [7, 11) is 0. The van der Waals surface area contributed by atoms with Crippen molar-refractivity contribution in [2.24, 2.45) is 5.41 Å². The summed E-state index contributed by atoms with van der Waals surface area (Å²) in [5, 5.41) is 14.8. The minimum absolute atomic E-state index is 0.00552. The van der Waals surface area contributed by atoms with Crippen LogP contribution in [0.15, 0.2) is 60.9 Å². The number of rotatable bonds is 5. The highest BCUT2D eigenvalue weighted by Gasteiger charge is 2.50. The summed E-state index contributed by atoms with van der Waals surface area (Å²) in [5.41, 5.74) is 7.82. The number of carbonyl (C=O) groups is 1. The molecule has 10 nitrogen and oxygen atoms in total. The second-order valence-corrected chi connectivity index (χ2v) is 11.9. The van der Waals surface area contributed by atoms with Crippen molar-refractivity contribution in [1.82, 2.24) is 29.5 Å². The number of likely N-dealkylation sites (tertiary alicyclic amines) is 2. The van der Waals surface area contributed by atoms with Crippen LogP contribution in [0.2, 0.25) is 0 Å². The zero-order chi connectivity index (χ0) is 28.9. The lowest BCUT2D eigenvalue weighted by atomic mass is 9.76. The topological polar surface area (TPSA) is 123 Å². The number of piperidine rings is 1. The number of carboxylic acid groups (broad SMARTS) is 1. The van der Waals surface area contributed by atoms with Crippen LogP contribution in [0.5, 0.6) is 11.5 Å². The highest BCUT2D eigenvalue weighted by Crippen LogP contribution is 2.43. The molecule has 1 unspecified atom stereocenters.